The summed E-state index contributed by atoms with van der Waals surface area (Å²) in [6.07, 6.45) is 3.00. The van der Waals surface area contributed by atoms with Crippen LogP contribution in [0.15, 0.2) is 39.3 Å². The Morgan fingerprint density at radius 3 is 2.76 bits per heavy atom. The molecule has 0 amide bonds. The van der Waals surface area contributed by atoms with Crippen molar-refractivity contribution in [1.82, 2.24) is 14.9 Å². The molecule has 0 saturated carbocycles. The molecule has 0 aliphatic carbocycles. The predicted molar refractivity (Wildman–Crippen MR) is 78.9 cm³/mol. The van der Waals surface area contributed by atoms with Gasteiger partial charge in [0.05, 0.1) is 16.7 Å². The molecule has 0 bridgehead atoms. The standard InChI is InChI=1S/C12H11N5O3S/c1-8-11(18)16(12(21-2)15-14-8)13-7-9-5-3-4-6-10(9)17(19)20/h3-7H,1-2H3/b13-7+. The minimum Gasteiger partial charge on any atom is -0.265 e. The van der Waals surface area contributed by atoms with Crippen molar-refractivity contribution in [2.75, 3.05) is 6.26 Å². The van der Waals surface area contributed by atoms with Crippen LogP contribution < -0.4 is 5.56 Å². The Bertz CT molecular complexity index is 772. The first-order valence-electron chi connectivity index (χ1n) is 5.82. The van der Waals surface area contributed by atoms with E-state index in [2.05, 4.69) is 15.3 Å². The summed E-state index contributed by atoms with van der Waals surface area (Å²) in [4.78, 5) is 22.4. The second-order valence-electron chi connectivity index (χ2n) is 3.95. The molecule has 0 radical (unpaired) electrons. The normalized spacial score (nSPS) is 11.0. The lowest BCUT2D eigenvalue weighted by Crippen LogP contribution is -2.23. The van der Waals surface area contributed by atoms with E-state index in [9.17, 15) is 14.9 Å². The van der Waals surface area contributed by atoms with Crippen molar-refractivity contribution in [2.45, 2.75) is 12.1 Å². The van der Waals surface area contributed by atoms with E-state index >= 15 is 0 Å². The predicted octanol–water partition coefficient (Wildman–Crippen LogP) is 1.46. The molecule has 0 aliphatic heterocycles. The second-order valence-corrected chi connectivity index (χ2v) is 4.72. The number of benzene rings is 1. The summed E-state index contributed by atoms with van der Waals surface area (Å²) in [5, 5.41) is 22.8. The number of hydrogen-bond acceptors (Lipinski definition) is 7. The molecule has 1 aromatic carbocycles. The van der Waals surface area contributed by atoms with Crippen molar-refractivity contribution in [2.24, 2.45) is 5.10 Å². The van der Waals surface area contributed by atoms with Crippen molar-refractivity contribution in [1.29, 1.82) is 0 Å². The lowest BCUT2D eigenvalue weighted by Gasteiger charge is -2.03. The first kappa shape index (κ1) is 14.9. The smallest absolute Gasteiger partial charge is 0.265 e. The lowest BCUT2D eigenvalue weighted by molar-refractivity contribution is -0.385. The molecule has 1 heterocycles. The van der Waals surface area contributed by atoms with Gasteiger partial charge in [0.2, 0.25) is 5.16 Å². The van der Waals surface area contributed by atoms with Crippen molar-refractivity contribution < 1.29 is 4.92 Å². The summed E-state index contributed by atoms with van der Waals surface area (Å²) in [7, 11) is 0. The Kier molecular flexibility index (Phi) is 4.43. The molecule has 0 fully saturated rings. The molecular weight excluding hydrogens is 294 g/mol. The maximum atomic E-state index is 12.0. The number of nitro benzene ring substituents is 1. The van der Waals surface area contributed by atoms with Gasteiger partial charge in [-0.15, -0.1) is 10.2 Å². The number of nitrogens with zero attached hydrogens (tertiary/aromatic N) is 5. The van der Waals surface area contributed by atoms with Crippen LogP contribution in [-0.4, -0.2) is 32.3 Å². The van der Waals surface area contributed by atoms with E-state index in [-0.39, 0.29) is 11.4 Å². The third kappa shape index (κ3) is 3.14. The first-order valence-corrected chi connectivity index (χ1v) is 7.05. The van der Waals surface area contributed by atoms with Gasteiger partial charge in [-0.1, -0.05) is 23.9 Å². The summed E-state index contributed by atoms with van der Waals surface area (Å²) in [6, 6.07) is 6.14. The number of para-hydroxylation sites is 1. The number of nitro groups is 1. The van der Waals surface area contributed by atoms with Crippen LogP contribution in [-0.2, 0) is 0 Å². The van der Waals surface area contributed by atoms with Gasteiger partial charge in [0.15, 0.2) is 0 Å². The van der Waals surface area contributed by atoms with Crippen LogP contribution in [0.25, 0.3) is 0 Å². The Hall–Kier alpha value is -2.55. The zero-order valence-electron chi connectivity index (χ0n) is 11.3. The summed E-state index contributed by atoms with van der Waals surface area (Å²) in [6.45, 7) is 1.52. The molecular formula is C12H11N5O3S. The molecule has 2 aromatic rings. The summed E-state index contributed by atoms with van der Waals surface area (Å²) >= 11 is 1.21. The number of thioether (sulfide) groups is 1. The Morgan fingerprint density at radius 2 is 2.10 bits per heavy atom. The van der Waals surface area contributed by atoms with Gasteiger partial charge >= 0.3 is 0 Å². The maximum Gasteiger partial charge on any atom is 0.296 e. The fourth-order valence-electron chi connectivity index (χ4n) is 1.56. The zero-order chi connectivity index (χ0) is 15.4. The molecule has 0 unspecified atom stereocenters. The molecule has 0 saturated heterocycles. The average Bonchev–Trinajstić information content (AvgIpc) is 2.49. The van der Waals surface area contributed by atoms with Crippen LogP contribution in [0.1, 0.15) is 11.3 Å². The van der Waals surface area contributed by atoms with Crippen LogP contribution in [0.5, 0.6) is 0 Å². The van der Waals surface area contributed by atoms with E-state index in [0.29, 0.717) is 10.7 Å². The van der Waals surface area contributed by atoms with E-state index in [1.807, 2.05) is 0 Å². The largest absolute Gasteiger partial charge is 0.296 e. The Morgan fingerprint density at radius 1 is 1.38 bits per heavy atom. The van der Waals surface area contributed by atoms with Crippen molar-refractivity contribution in [3.63, 3.8) is 0 Å². The minimum absolute atomic E-state index is 0.0845. The number of rotatable bonds is 4. The Balaban J connectivity index is 2.50. The molecule has 0 N–H and O–H groups in total. The van der Waals surface area contributed by atoms with E-state index < -0.39 is 10.5 Å². The van der Waals surface area contributed by atoms with Crippen LogP contribution in [0.2, 0.25) is 0 Å². The molecule has 1 aromatic heterocycles. The molecule has 0 atom stereocenters. The SMILES string of the molecule is CSc1nnc(C)c(=O)n1/N=C/c1ccccc1[N+](=O)[O-]. The number of aromatic nitrogens is 3. The van der Waals surface area contributed by atoms with Gasteiger partial charge in [-0.3, -0.25) is 14.9 Å². The summed E-state index contributed by atoms with van der Waals surface area (Å²) < 4.78 is 1.07. The van der Waals surface area contributed by atoms with Gasteiger partial charge in [-0.05, 0) is 19.2 Å². The zero-order valence-corrected chi connectivity index (χ0v) is 12.1. The molecule has 0 aliphatic rings. The molecule has 2 rings (SSSR count). The molecule has 8 nitrogen and oxygen atoms in total. The van der Waals surface area contributed by atoms with Gasteiger partial charge in [-0.25, -0.2) is 0 Å². The summed E-state index contributed by atoms with van der Waals surface area (Å²) in [5.74, 6) is 0. The fourth-order valence-corrected chi connectivity index (χ4v) is 1.98. The van der Waals surface area contributed by atoms with Gasteiger partial charge in [0, 0.05) is 6.07 Å². The topological polar surface area (TPSA) is 103 Å². The highest BCUT2D eigenvalue weighted by Crippen LogP contribution is 2.15. The minimum atomic E-state index is -0.504. The van der Waals surface area contributed by atoms with Crippen LogP contribution in [0.3, 0.4) is 0 Å². The van der Waals surface area contributed by atoms with Crippen LogP contribution in [0.4, 0.5) is 5.69 Å². The van der Waals surface area contributed by atoms with Crippen LogP contribution in [0, 0.1) is 17.0 Å². The van der Waals surface area contributed by atoms with Crippen molar-refractivity contribution in [3.05, 3.63) is 56.0 Å². The molecule has 9 heteroatoms. The Labute approximate surface area is 123 Å². The second kappa shape index (κ2) is 6.27. The molecule has 0 spiro atoms. The monoisotopic (exact) mass is 305 g/mol. The first-order chi connectivity index (χ1) is 10.0. The third-order valence-electron chi connectivity index (χ3n) is 2.60. The molecule has 21 heavy (non-hydrogen) atoms. The van der Waals surface area contributed by atoms with E-state index in [4.69, 9.17) is 0 Å². The summed E-state index contributed by atoms with van der Waals surface area (Å²) in [5.41, 5.74) is 0.00588. The van der Waals surface area contributed by atoms with Gasteiger partial charge < -0.3 is 0 Å². The number of aryl methyl sites for hydroxylation is 1. The third-order valence-corrected chi connectivity index (χ3v) is 3.22. The maximum absolute atomic E-state index is 12.0. The van der Waals surface area contributed by atoms with E-state index in [0.717, 1.165) is 4.68 Å². The highest BCUT2D eigenvalue weighted by Gasteiger charge is 2.11. The van der Waals surface area contributed by atoms with Gasteiger partial charge in [-0.2, -0.15) is 9.78 Å². The lowest BCUT2D eigenvalue weighted by atomic mass is 10.2. The van der Waals surface area contributed by atoms with E-state index in [1.165, 1.54) is 31.0 Å². The van der Waals surface area contributed by atoms with Gasteiger partial charge in [0.25, 0.3) is 11.2 Å². The van der Waals surface area contributed by atoms with E-state index in [1.54, 1.807) is 24.5 Å². The number of hydrogen-bond donors (Lipinski definition) is 0. The van der Waals surface area contributed by atoms with Crippen molar-refractivity contribution in [3.8, 4) is 0 Å². The highest BCUT2D eigenvalue weighted by atomic mass is 32.2. The van der Waals surface area contributed by atoms with Crippen LogP contribution >= 0.6 is 11.8 Å². The molecule has 108 valence electrons. The highest BCUT2D eigenvalue weighted by molar-refractivity contribution is 7.98. The van der Waals surface area contributed by atoms with Crippen molar-refractivity contribution >= 4 is 23.7 Å². The fraction of sp³-hybridized carbons (Fsp3) is 0.167. The average molecular weight is 305 g/mol. The quantitative estimate of drug-likeness (QED) is 0.366. The van der Waals surface area contributed by atoms with Gasteiger partial charge in [0.1, 0.15) is 5.69 Å².